The maximum atomic E-state index is 13.8. The second kappa shape index (κ2) is 5.84. The summed E-state index contributed by atoms with van der Waals surface area (Å²) in [6.45, 7) is 0. The van der Waals surface area contributed by atoms with E-state index in [0.717, 1.165) is 13.2 Å². The van der Waals surface area contributed by atoms with Crippen molar-refractivity contribution in [2.45, 2.75) is 0 Å². The number of nitrogens with zero attached hydrogens (tertiary/aromatic N) is 2. The SMILES string of the molecule is COC(=O)c1ccc(-c2ccc([N+](=O)[O-])c(Cl)n2)cc1F. The Morgan fingerprint density at radius 3 is 2.62 bits per heavy atom. The van der Waals surface area contributed by atoms with Crippen LogP contribution in [-0.4, -0.2) is 23.0 Å². The van der Waals surface area contributed by atoms with Crippen molar-refractivity contribution in [2.24, 2.45) is 0 Å². The molecule has 0 bridgehead atoms. The van der Waals surface area contributed by atoms with E-state index < -0.39 is 16.7 Å². The number of nitro groups is 1. The molecule has 2 rings (SSSR count). The second-order valence-corrected chi connectivity index (χ2v) is 4.31. The van der Waals surface area contributed by atoms with Crippen molar-refractivity contribution in [1.29, 1.82) is 0 Å². The summed E-state index contributed by atoms with van der Waals surface area (Å²) < 4.78 is 18.2. The lowest BCUT2D eigenvalue weighted by Crippen LogP contribution is -2.04. The number of esters is 1. The highest BCUT2D eigenvalue weighted by molar-refractivity contribution is 6.31. The minimum atomic E-state index is -0.797. The van der Waals surface area contributed by atoms with E-state index >= 15 is 0 Å². The molecule has 0 radical (unpaired) electrons. The number of carbonyl (C=O) groups excluding carboxylic acids is 1. The first-order valence-electron chi connectivity index (χ1n) is 5.63. The summed E-state index contributed by atoms with van der Waals surface area (Å²) >= 11 is 5.70. The number of aromatic nitrogens is 1. The first kappa shape index (κ1) is 14.9. The van der Waals surface area contributed by atoms with Gasteiger partial charge in [-0.2, -0.15) is 0 Å². The van der Waals surface area contributed by atoms with Crippen LogP contribution in [-0.2, 0) is 4.74 Å². The van der Waals surface area contributed by atoms with Crippen LogP contribution in [0.5, 0.6) is 0 Å². The van der Waals surface area contributed by atoms with Gasteiger partial charge >= 0.3 is 11.7 Å². The molecule has 0 aliphatic rings. The molecule has 0 unspecified atom stereocenters. The van der Waals surface area contributed by atoms with E-state index in [4.69, 9.17) is 11.6 Å². The van der Waals surface area contributed by atoms with Gasteiger partial charge in [0.15, 0.2) is 0 Å². The molecule has 8 heteroatoms. The van der Waals surface area contributed by atoms with E-state index in [-0.39, 0.29) is 22.1 Å². The molecule has 0 atom stereocenters. The molecule has 0 aliphatic heterocycles. The summed E-state index contributed by atoms with van der Waals surface area (Å²) in [7, 11) is 1.15. The summed E-state index contributed by atoms with van der Waals surface area (Å²) in [5.74, 6) is -1.58. The number of rotatable bonds is 3. The zero-order valence-electron chi connectivity index (χ0n) is 10.7. The van der Waals surface area contributed by atoms with Crippen molar-refractivity contribution < 1.29 is 18.8 Å². The number of methoxy groups -OCH3 is 1. The highest BCUT2D eigenvalue weighted by atomic mass is 35.5. The fourth-order valence-electron chi connectivity index (χ4n) is 1.67. The molecule has 1 aromatic heterocycles. The van der Waals surface area contributed by atoms with Gasteiger partial charge in [0, 0.05) is 11.6 Å². The van der Waals surface area contributed by atoms with E-state index in [9.17, 15) is 19.3 Å². The summed E-state index contributed by atoms with van der Waals surface area (Å²) in [5.41, 5.74) is 0.0270. The number of hydrogen-bond acceptors (Lipinski definition) is 5. The van der Waals surface area contributed by atoms with Gasteiger partial charge in [-0.15, -0.1) is 0 Å². The lowest BCUT2D eigenvalue weighted by Gasteiger charge is -2.05. The summed E-state index contributed by atoms with van der Waals surface area (Å²) in [4.78, 5) is 25.1. The Labute approximate surface area is 123 Å². The quantitative estimate of drug-likeness (QED) is 0.376. The molecule has 0 spiro atoms. The Morgan fingerprint density at radius 2 is 2.10 bits per heavy atom. The topological polar surface area (TPSA) is 82.3 Å². The monoisotopic (exact) mass is 310 g/mol. The van der Waals surface area contributed by atoms with Crippen molar-refractivity contribution >= 4 is 23.3 Å². The fourth-order valence-corrected chi connectivity index (χ4v) is 1.90. The molecule has 108 valence electrons. The number of pyridine rings is 1. The third-order valence-corrected chi connectivity index (χ3v) is 2.97. The van der Waals surface area contributed by atoms with Crippen LogP contribution in [0, 0.1) is 15.9 Å². The predicted octanol–water partition coefficient (Wildman–Crippen LogP) is 3.24. The van der Waals surface area contributed by atoms with Crippen molar-refractivity contribution in [2.75, 3.05) is 7.11 Å². The number of hydrogen-bond donors (Lipinski definition) is 0. The van der Waals surface area contributed by atoms with Gasteiger partial charge < -0.3 is 4.74 Å². The van der Waals surface area contributed by atoms with E-state index in [2.05, 4.69) is 9.72 Å². The van der Waals surface area contributed by atoms with Gasteiger partial charge in [-0.25, -0.2) is 14.2 Å². The molecule has 6 nitrogen and oxygen atoms in total. The normalized spacial score (nSPS) is 10.2. The summed E-state index contributed by atoms with van der Waals surface area (Å²) in [6, 6.07) is 6.29. The largest absolute Gasteiger partial charge is 0.465 e. The van der Waals surface area contributed by atoms with Crippen LogP contribution in [0.3, 0.4) is 0 Å². The molecule has 2 aromatic rings. The van der Waals surface area contributed by atoms with Crippen LogP contribution in [0.25, 0.3) is 11.3 Å². The molecule has 0 amide bonds. The van der Waals surface area contributed by atoms with Gasteiger partial charge in [0.2, 0.25) is 5.15 Å². The van der Waals surface area contributed by atoms with Crippen molar-refractivity contribution in [3.63, 3.8) is 0 Å². The Kier molecular flexibility index (Phi) is 4.13. The zero-order valence-corrected chi connectivity index (χ0v) is 11.4. The van der Waals surface area contributed by atoms with Crippen LogP contribution in [0.1, 0.15) is 10.4 Å². The highest BCUT2D eigenvalue weighted by Gasteiger charge is 2.17. The molecule has 0 aliphatic carbocycles. The fraction of sp³-hybridized carbons (Fsp3) is 0.0769. The Hall–Kier alpha value is -2.54. The van der Waals surface area contributed by atoms with E-state index in [1.807, 2.05) is 0 Å². The molecule has 0 saturated carbocycles. The van der Waals surface area contributed by atoms with Gasteiger partial charge in [-0.1, -0.05) is 17.7 Å². The van der Waals surface area contributed by atoms with Crippen LogP contribution in [0.15, 0.2) is 30.3 Å². The third-order valence-electron chi connectivity index (χ3n) is 2.70. The van der Waals surface area contributed by atoms with Gasteiger partial charge in [0.1, 0.15) is 5.82 Å². The lowest BCUT2D eigenvalue weighted by atomic mass is 10.1. The van der Waals surface area contributed by atoms with Crippen molar-refractivity contribution in [3.05, 3.63) is 57.0 Å². The van der Waals surface area contributed by atoms with E-state index in [1.165, 1.54) is 24.3 Å². The predicted molar refractivity (Wildman–Crippen MR) is 72.6 cm³/mol. The Bertz CT molecular complexity index is 736. The summed E-state index contributed by atoms with van der Waals surface area (Å²) in [5, 5.41) is 10.3. The molecule has 0 saturated heterocycles. The molecule has 1 aromatic carbocycles. The first-order valence-corrected chi connectivity index (χ1v) is 6.01. The average molecular weight is 311 g/mol. The van der Waals surface area contributed by atoms with Crippen LogP contribution < -0.4 is 0 Å². The highest BCUT2D eigenvalue weighted by Crippen LogP contribution is 2.27. The Balaban J connectivity index is 2.44. The molecule has 21 heavy (non-hydrogen) atoms. The summed E-state index contributed by atoms with van der Waals surface area (Å²) in [6.07, 6.45) is 0. The second-order valence-electron chi connectivity index (χ2n) is 3.95. The number of carbonyl (C=O) groups is 1. The maximum Gasteiger partial charge on any atom is 0.340 e. The molecule has 0 N–H and O–H groups in total. The van der Waals surface area contributed by atoms with Crippen LogP contribution in [0.4, 0.5) is 10.1 Å². The number of ether oxygens (including phenoxy) is 1. The van der Waals surface area contributed by atoms with E-state index in [1.54, 1.807) is 0 Å². The van der Waals surface area contributed by atoms with Gasteiger partial charge in [0.05, 0.1) is 23.3 Å². The van der Waals surface area contributed by atoms with E-state index in [0.29, 0.717) is 5.56 Å². The molecule has 0 fully saturated rings. The minimum Gasteiger partial charge on any atom is -0.465 e. The minimum absolute atomic E-state index is 0.214. The third kappa shape index (κ3) is 2.97. The van der Waals surface area contributed by atoms with Gasteiger partial charge in [-0.05, 0) is 18.2 Å². The lowest BCUT2D eigenvalue weighted by molar-refractivity contribution is -0.385. The van der Waals surface area contributed by atoms with Crippen LogP contribution in [0.2, 0.25) is 5.15 Å². The molecular weight excluding hydrogens is 303 g/mol. The van der Waals surface area contributed by atoms with Crippen molar-refractivity contribution in [1.82, 2.24) is 4.98 Å². The van der Waals surface area contributed by atoms with Crippen LogP contribution >= 0.6 is 11.6 Å². The standard InChI is InChI=1S/C13H8ClFN2O4/c1-21-13(18)8-3-2-7(6-9(8)15)10-4-5-11(17(19)20)12(14)16-10/h2-6H,1H3. The zero-order chi connectivity index (χ0) is 15.6. The number of halogens is 2. The van der Waals surface area contributed by atoms with Gasteiger partial charge in [-0.3, -0.25) is 10.1 Å². The maximum absolute atomic E-state index is 13.8. The first-order chi connectivity index (χ1) is 9.93. The van der Waals surface area contributed by atoms with Gasteiger partial charge in [0.25, 0.3) is 0 Å². The average Bonchev–Trinajstić information content (AvgIpc) is 2.45. The molecular formula is C13H8ClFN2O4. The number of benzene rings is 1. The smallest absolute Gasteiger partial charge is 0.340 e. The Morgan fingerprint density at radius 1 is 1.38 bits per heavy atom. The molecule has 1 heterocycles. The van der Waals surface area contributed by atoms with Crippen molar-refractivity contribution in [3.8, 4) is 11.3 Å².